The summed E-state index contributed by atoms with van der Waals surface area (Å²) in [4.78, 5) is 8.24. The molecule has 4 nitrogen and oxygen atoms in total. The monoisotopic (exact) mass is 405 g/mol. The van der Waals surface area contributed by atoms with Crippen LogP contribution in [-0.4, -0.2) is 30.2 Å². The fraction of sp³-hybridized carbons (Fsp3) is 0.455. The van der Waals surface area contributed by atoms with Crippen LogP contribution in [0.3, 0.4) is 0 Å². The second-order valence-corrected chi connectivity index (χ2v) is 8.24. The van der Waals surface area contributed by atoms with E-state index in [2.05, 4.69) is 9.98 Å². The van der Waals surface area contributed by atoms with Gasteiger partial charge in [0.05, 0.1) is 0 Å². The fourth-order valence-electron chi connectivity index (χ4n) is 3.68. The molecule has 2 unspecified atom stereocenters. The summed E-state index contributed by atoms with van der Waals surface area (Å²) in [6.45, 7) is 5.52. The smallest absolute Gasteiger partial charge is 0.304 e. The highest BCUT2D eigenvalue weighted by atomic mass is 19.3. The number of hydrogen-bond donors (Lipinski definition) is 1. The van der Waals surface area contributed by atoms with Crippen molar-refractivity contribution in [3.8, 4) is 0 Å². The number of nitrogens with two attached hydrogens (primary N) is 1. The molecule has 1 aromatic carbocycles. The van der Waals surface area contributed by atoms with E-state index < -0.39 is 22.9 Å². The second-order valence-electron chi connectivity index (χ2n) is 8.24. The first-order valence-electron chi connectivity index (χ1n) is 9.54. The molecule has 3 rings (SSSR count). The van der Waals surface area contributed by atoms with Crippen molar-refractivity contribution >= 4 is 17.6 Å². The zero-order valence-electron chi connectivity index (χ0n) is 17.0. The Hall–Kier alpha value is -2.41. The molecular weight excluding hydrogens is 379 g/mol. The van der Waals surface area contributed by atoms with E-state index in [1.807, 2.05) is 19.1 Å². The molecule has 2 aliphatic heterocycles. The van der Waals surface area contributed by atoms with Crippen LogP contribution in [0.15, 0.2) is 46.5 Å². The van der Waals surface area contributed by atoms with Gasteiger partial charge in [-0.15, -0.1) is 0 Å². The van der Waals surface area contributed by atoms with Crippen LogP contribution in [0.5, 0.6) is 0 Å². The van der Waals surface area contributed by atoms with Crippen LogP contribution < -0.4 is 5.73 Å². The molecule has 2 N–H and O–H groups in total. The first-order chi connectivity index (χ1) is 13.5. The number of allylic oxidation sites excluding steroid dienone is 3. The topological polar surface area (TPSA) is 60.0 Å². The number of hydrogen-bond acceptors (Lipinski definition) is 4. The molecule has 0 aliphatic carbocycles. The van der Waals surface area contributed by atoms with E-state index in [0.717, 1.165) is 12.0 Å². The molecule has 2 atom stereocenters. The zero-order valence-corrected chi connectivity index (χ0v) is 17.0. The Morgan fingerprint density at radius 2 is 1.93 bits per heavy atom. The van der Waals surface area contributed by atoms with Gasteiger partial charge in [-0.25, -0.2) is 13.2 Å². The maximum Gasteiger partial charge on any atom is 0.304 e. The standard InChI is InChI=1S/C22H26F3N3O/c1-14-6-5-9-27-12-16(10-14)15-7-8-18(23)17(11-15)21(4)22(24,25)20(2,3)29-13-19(26)28-21/h5,7-12,14H,6,13H2,1-4H3,(H2,26,28). The summed E-state index contributed by atoms with van der Waals surface area (Å²) >= 11 is 0. The number of alkyl halides is 2. The molecule has 0 fully saturated rings. The van der Waals surface area contributed by atoms with Crippen molar-refractivity contribution in [3.05, 3.63) is 53.5 Å². The zero-order chi connectivity index (χ0) is 21.4. The molecule has 0 spiro atoms. The van der Waals surface area contributed by atoms with Crippen molar-refractivity contribution < 1.29 is 17.9 Å². The molecule has 29 heavy (non-hydrogen) atoms. The average Bonchev–Trinajstić information content (AvgIpc) is 2.68. The lowest BCUT2D eigenvalue weighted by Gasteiger charge is -2.42. The highest BCUT2D eigenvalue weighted by Crippen LogP contribution is 2.50. The van der Waals surface area contributed by atoms with Gasteiger partial charge < -0.3 is 10.5 Å². The van der Waals surface area contributed by atoms with Crippen LogP contribution in [-0.2, 0) is 10.3 Å². The second kappa shape index (κ2) is 7.44. The molecule has 7 heteroatoms. The van der Waals surface area contributed by atoms with E-state index in [4.69, 9.17) is 10.5 Å². The molecule has 1 aromatic rings. The molecule has 0 aromatic heterocycles. The third-order valence-electron chi connectivity index (χ3n) is 5.52. The van der Waals surface area contributed by atoms with E-state index in [1.54, 1.807) is 18.5 Å². The lowest BCUT2D eigenvalue weighted by atomic mass is 9.77. The van der Waals surface area contributed by atoms with E-state index in [9.17, 15) is 4.39 Å². The molecule has 2 aliphatic rings. The van der Waals surface area contributed by atoms with Gasteiger partial charge in [0.25, 0.3) is 0 Å². The van der Waals surface area contributed by atoms with Gasteiger partial charge in [0, 0.05) is 18.0 Å². The number of aliphatic imine (C=N–C) groups is 2. The van der Waals surface area contributed by atoms with E-state index in [1.165, 1.54) is 32.9 Å². The molecule has 0 amide bonds. The van der Waals surface area contributed by atoms with Crippen LogP contribution in [0.1, 0.15) is 45.2 Å². The number of halogens is 3. The summed E-state index contributed by atoms with van der Waals surface area (Å²) < 4.78 is 51.4. The molecule has 2 heterocycles. The Morgan fingerprint density at radius 1 is 1.21 bits per heavy atom. The highest BCUT2D eigenvalue weighted by Gasteiger charge is 2.63. The van der Waals surface area contributed by atoms with Crippen molar-refractivity contribution in [3.63, 3.8) is 0 Å². The molecule has 0 saturated carbocycles. The van der Waals surface area contributed by atoms with Gasteiger partial charge in [0.1, 0.15) is 23.9 Å². The third kappa shape index (κ3) is 3.75. The maximum atomic E-state index is 15.6. The summed E-state index contributed by atoms with van der Waals surface area (Å²) in [5.41, 5.74) is 2.76. The SMILES string of the molecule is CC1C=C(c2ccc(F)c(C3(C)N=C(N)COC(C)(C)C3(F)F)c2)C=NC=CC1. The predicted molar refractivity (Wildman–Crippen MR) is 110 cm³/mol. The summed E-state index contributed by atoms with van der Waals surface area (Å²) in [6.07, 6.45) is 8.08. The summed E-state index contributed by atoms with van der Waals surface area (Å²) in [7, 11) is 0. The number of rotatable bonds is 2. The Morgan fingerprint density at radius 3 is 2.66 bits per heavy atom. The average molecular weight is 405 g/mol. The molecular formula is C22H26F3N3O. The summed E-state index contributed by atoms with van der Waals surface area (Å²) in [6, 6.07) is 4.16. The molecule has 0 bridgehead atoms. The van der Waals surface area contributed by atoms with Crippen LogP contribution in [0.25, 0.3) is 5.57 Å². The van der Waals surface area contributed by atoms with E-state index in [-0.39, 0.29) is 23.9 Å². The van der Waals surface area contributed by atoms with Crippen molar-refractivity contribution in [1.82, 2.24) is 0 Å². The largest absolute Gasteiger partial charge is 0.385 e. The number of benzene rings is 1. The number of nitrogens with zero attached hydrogens (tertiary/aromatic N) is 2. The van der Waals surface area contributed by atoms with E-state index in [0.29, 0.717) is 5.56 Å². The number of ether oxygens (including phenoxy) is 1. The van der Waals surface area contributed by atoms with Gasteiger partial charge in [-0.1, -0.05) is 25.1 Å². The highest BCUT2D eigenvalue weighted by molar-refractivity contribution is 6.10. The van der Waals surface area contributed by atoms with Crippen molar-refractivity contribution in [2.75, 3.05) is 6.61 Å². The van der Waals surface area contributed by atoms with Crippen LogP contribution in [0, 0.1) is 11.7 Å². The first-order valence-corrected chi connectivity index (χ1v) is 9.54. The first kappa shape index (κ1) is 21.3. The van der Waals surface area contributed by atoms with Gasteiger partial charge in [0.15, 0.2) is 5.54 Å². The van der Waals surface area contributed by atoms with Crippen LogP contribution in [0.2, 0.25) is 0 Å². The maximum absolute atomic E-state index is 15.6. The quantitative estimate of drug-likeness (QED) is 0.765. The fourth-order valence-corrected chi connectivity index (χ4v) is 3.68. The Balaban J connectivity index is 2.20. The molecule has 0 saturated heterocycles. The van der Waals surface area contributed by atoms with Crippen molar-refractivity contribution in [2.24, 2.45) is 21.6 Å². The minimum Gasteiger partial charge on any atom is -0.385 e. The van der Waals surface area contributed by atoms with E-state index >= 15 is 8.78 Å². The van der Waals surface area contributed by atoms with Crippen LogP contribution >= 0.6 is 0 Å². The summed E-state index contributed by atoms with van der Waals surface area (Å²) in [5.74, 6) is -4.19. The van der Waals surface area contributed by atoms with Crippen molar-refractivity contribution in [2.45, 2.75) is 51.2 Å². The van der Waals surface area contributed by atoms with Gasteiger partial charge in [-0.2, -0.15) is 0 Å². The molecule has 156 valence electrons. The third-order valence-corrected chi connectivity index (χ3v) is 5.52. The van der Waals surface area contributed by atoms with Gasteiger partial charge in [0.2, 0.25) is 0 Å². The minimum atomic E-state index is -3.53. The molecule has 0 radical (unpaired) electrons. The Kier molecular flexibility index (Phi) is 5.47. The van der Waals surface area contributed by atoms with Gasteiger partial charge in [-0.05, 0) is 56.4 Å². The minimum absolute atomic E-state index is 0.104. The lowest BCUT2D eigenvalue weighted by molar-refractivity contribution is -0.214. The lowest BCUT2D eigenvalue weighted by Crippen LogP contribution is -2.56. The van der Waals surface area contributed by atoms with Gasteiger partial charge in [-0.3, -0.25) is 9.98 Å². The van der Waals surface area contributed by atoms with Gasteiger partial charge >= 0.3 is 5.92 Å². The van der Waals surface area contributed by atoms with Crippen molar-refractivity contribution in [1.29, 1.82) is 0 Å². The normalized spacial score (nSPS) is 28.7. The summed E-state index contributed by atoms with van der Waals surface area (Å²) in [5, 5.41) is 0. The predicted octanol–water partition coefficient (Wildman–Crippen LogP) is 4.85. The Bertz CT molecular complexity index is 918. The Labute approximate surface area is 169 Å². The van der Waals surface area contributed by atoms with Crippen LogP contribution in [0.4, 0.5) is 13.2 Å². The number of amidine groups is 1.